The summed E-state index contributed by atoms with van der Waals surface area (Å²) in [6, 6.07) is 8.81. The standard InChI is InChI=1S/C14H18N4O2S/c1-2-3-11-4-6-12(7-5-11)18-21(19,20)14-10-16-9-8-13(14)17-15/h4-10,18H,2-3,15H2,1H3,(H,16,17). The molecule has 0 saturated heterocycles. The number of nitrogens with one attached hydrogen (secondary N) is 2. The fraction of sp³-hybridized carbons (Fsp3) is 0.214. The number of hydrogen-bond acceptors (Lipinski definition) is 5. The number of anilines is 2. The second kappa shape index (κ2) is 6.55. The molecule has 1 heterocycles. The molecule has 0 bridgehead atoms. The molecular weight excluding hydrogens is 288 g/mol. The van der Waals surface area contributed by atoms with E-state index in [0.29, 0.717) is 11.4 Å². The zero-order valence-corrected chi connectivity index (χ0v) is 12.5. The summed E-state index contributed by atoms with van der Waals surface area (Å²) >= 11 is 0. The minimum absolute atomic E-state index is 0.00475. The van der Waals surface area contributed by atoms with Crippen LogP contribution in [-0.2, 0) is 16.4 Å². The molecule has 1 aromatic heterocycles. The fourth-order valence-corrected chi connectivity index (χ4v) is 3.12. The molecule has 0 radical (unpaired) electrons. The van der Waals surface area contributed by atoms with Crippen molar-refractivity contribution in [2.24, 2.45) is 5.84 Å². The van der Waals surface area contributed by atoms with Crippen molar-refractivity contribution in [1.29, 1.82) is 0 Å². The third kappa shape index (κ3) is 3.71. The summed E-state index contributed by atoms with van der Waals surface area (Å²) < 4.78 is 27.2. The van der Waals surface area contributed by atoms with Gasteiger partial charge in [-0.2, -0.15) is 0 Å². The molecule has 2 aromatic rings. The van der Waals surface area contributed by atoms with Gasteiger partial charge in [0, 0.05) is 18.1 Å². The molecule has 1 aromatic carbocycles. The van der Waals surface area contributed by atoms with Gasteiger partial charge in [-0.05, 0) is 30.2 Å². The molecule has 0 spiro atoms. The molecular formula is C14H18N4O2S. The van der Waals surface area contributed by atoms with E-state index in [1.54, 1.807) is 12.1 Å². The number of benzene rings is 1. The molecule has 0 aliphatic rings. The number of sulfonamides is 1. The van der Waals surface area contributed by atoms with Crippen LogP contribution < -0.4 is 16.0 Å². The van der Waals surface area contributed by atoms with Crippen LogP contribution in [0.4, 0.5) is 11.4 Å². The highest BCUT2D eigenvalue weighted by atomic mass is 32.2. The first-order valence-corrected chi connectivity index (χ1v) is 8.07. The highest BCUT2D eigenvalue weighted by Crippen LogP contribution is 2.22. The normalized spacial score (nSPS) is 11.1. The third-order valence-electron chi connectivity index (χ3n) is 2.97. The Labute approximate surface area is 124 Å². The number of aromatic nitrogens is 1. The molecule has 21 heavy (non-hydrogen) atoms. The van der Waals surface area contributed by atoms with Crippen LogP contribution in [-0.4, -0.2) is 13.4 Å². The molecule has 112 valence electrons. The van der Waals surface area contributed by atoms with Gasteiger partial charge in [-0.1, -0.05) is 25.5 Å². The lowest BCUT2D eigenvalue weighted by Crippen LogP contribution is -2.17. The Bertz CT molecular complexity index is 699. The van der Waals surface area contributed by atoms with Crippen LogP contribution in [0.1, 0.15) is 18.9 Å². The Hall–Kier alpha value is -2.12. The topological polar surface area (TPSA) is 97.1 Å². The van der Waals surface area contributed by atoms with Gasteiger partial charge in [0.15, 0.2) is 0 Å². The van der Waals surface area contributed by atoms with E-state index >= 15 is 0 Å². The second-order valence-electron chi connectivity index (χ2n) is 4.57. The van der Waals surface area contributed by atoms with Gasteiger partial charge in [0.05, 0.1) is 5.69 Å². The first-order valence-electron chi connectivity index (χ1n) is 6.59. The van der Waals surface area contributed by atoms with Gasteiger partial charge < -0.3 is 5.43 Å². The maximum absolute atomic E-state index is 12.3. The summed E-state index contributed by atoms with van der Waals surface area (Å²) in [4.78, 5) is 3.83. The van der Waals surface area contributed by atoms with Gasteiger partial charge >= 0.3 is 0 Å². The number of nitrogen functional groups attached to an aromatic ring is 1. The summed E-state index contributed by atoms with van der Waals surface area (Å²) in [7, 11) is -3.74. The maximum atomic E-state index is 12.3. The summed E-state index contributed by atoms with van der Waals surface area (Å²) in [6.45, 7) is 2.10. The van der Waals surface area contributed by atoms with Gasteiger partial charge in [0.1, 0.15) is 4.90 Å². The smallest absolute Gasteiger partial charge is 0.265 e. The van der Waals surface area contributed by atoms with Gasteiger partial charge in [-0.15, -0.1) is 0 Å². The van der Waals surface area contributed by atoms with E-state index in [1.807, 2.05) is 12.1 Å². The molecule has 4 N–H and O–H groups in total. The van der Waals surface area contributed by atoms with E-state index in [4.69, 9.17) is 5.84 Å². The monoisotopic (exact) mass is 306 g/mol. The number of nitrogens with zero attached hydrogens (tertiary/aromatic N) is 1. The average molecular weight is 306 g/mol. The molecule has 6 nitrogen and oxygen atoms in total. The Morgan fingerprint density at radius 1 is 1.19 bits per heavy atom. The Balaban J connectivity index is 2.24. The van der Waals surface area contributed by atoms with Crippen molar-refractivity contribution < 1.29 is 8.42 Å². The first kappa shape index (κ1) is 15.3. The van der Waals surface area contributed by atoms with Crippen molar-refractivity contribution in [1.82, 2.24) is 4.98 Å². The molecule has 2 rings (SSSR count). The van der Waals surface area contributed by atoms with Crippen molar-refractivity contribution >= 4 is 21.4 Å². The predicted molar refractivity (Wildman–Crippen MR) is 83.3 cm³/mol. The van der Waals surface area contributed by atoms with Crippen molar-refractivity contribution in [3.05, 3.63) is 48.3 Å². The Morgan fingerprint density at radius 3 is 2.52 bits per heavy atom. The van der Waals surface area contributed by atoms with Crippen LogP contribution in [0, 0.1) is 0 Å². The quantitative estimate of drug-likeness (QED) is 0.561. The van der Waals surface area contributed by atoms with E-state index in [1.165, 1.54) is 24.0 Å². The zero-order valence-electron chi connectivity index (χ0n) is 11.7. The Morgan fingerprint density at radius 2 is 1.90 bits per heavy atom. The highest BCUT2D eigenvalue weighted by molar-refractivity contribution is 7.92. The predicted octanol–water partition coefficient (Wildman–Crippen LogP) is 2.12. The number of nitrogens with two attached hydrogens (primary N) is 1. The van der Waals surface area contributed by atoms with E-state index in [9.17, 15) is 8.42 Å². The SMILES string of the molecule is CCCc1ccc(NS(=O)(=O)c2cnccc2NN)cc1. The zero-order chi connectivity index (χ0) is 15.3. The molecule has 0 saturated carbocycles. The third-order valence-corrected chi connectivity index (χ3v) is 4.38. The van der Waals surface area contributed by atoms with E-state index < -0.39 is 10.0 Å². The van der Waals surface area contributed by atoms with E-state index in [-0.39, 0.29) is 4.90 Å². The lowest BCUT2D eigenvalue weighted by atomic mass is 10.1. The first-order chi connectivity index (χ1) is 10.1. The van der Waals surface area contributed by atoms with Crippen LogP contribution in [0.25, 0.3) is 0 Å². The molecule has 0 fully saturated rings. The number of pyridine rings is 1. The Kier molecular flexibility index (Phi) is 4.77. The molecule has 0 aliphatic carbocycles. The number of hydrogen-bond donors (Lipinski definition) is 3. The van der Waals surface area contributed by atoms with Crippen LogP contribution in [0.2, 0.25) is 0 Å². The fourth-order valence-electron chi connectivity index (χ4n) is 1.95. The lowest BCUT2D eigenvalue weighted by molar-refractivity contribution is 0.601. The van der Waals surface area contributed by atoms with Crippen molar-refractivity contribution in [2.45, 2.75) is 24.7 Å². The molecule has 0 aliphatic heterocycles. The van der Waals surface area contributed by atoms with Crippen molar-refractivity contribution in [2.75, 3.05) is 10.1 Å². The van der Waals surface area contributed by atoms with Crippen molar-refractivity contribution in [3.8, 4) is 0 Å². The van der Waals surface area contributed by atoms with E-state index in [2.05, 4.69) is 22.1 Å². The minimum Gasteiger partial charge on any atom is -0.323 e. The van der Waals surface area contributed by atoms with Crippen LogP contribution in [0.5, 0.6) is 0 Å². The number of hydrazine groups is 1. The van der Waals surface area contributed by atoms with Gasteiger partial charge in [-0.25, -0.2) is 8.42 Å². The molecule has 0 amide bonds. The van der Waals surface area contributed by atoms with Gasteiger partial charge in [0.25, 0.3) is 10.0 Å². The number of aryl methyl sites for hydroxylation is 1. The number of rotatable bonds is 6. The highest BCUT2D eigenvalue weighted by Gasteiger charge is 2.18. The van der Waals surface area contributed by atoms with Crippen molar-refractivity contribution in [3.63, 3.8) is 0 Å². The van der Waals surface area contributed by atoms with E-state index in [0.717, 1.165) is 12.8 Å². The molecule has 0 atom stereocenters. The molecule has 7 heteroatoms. The second-order valence-corrected chi connectivity index (χ2v) is 6.22. The van der Waals surface area contributed by atoms with Gasteiger partial charge in [0.2, 0.25) is 0 Å². The van der Waals surface area contributed by atoms with Gasteiger partial charge in [-0.3, -0.25) is 15.5 Å². The molecule has 0 unspecified atom stereocenters. The van der Waals surface area contributed by atoms with Crippen LogP contribution >= 0.6 is 0 Å². The summed E-state index contributed by atoms with van der Waals surface area (Å²) in [6.07, 6.45) is 4.74. The summed E-state index contributed by atoms with van der Waals surface area (Å²) in [5.74, 6) is 5.32. The summed E-state index contributed by atoms with van der Waals surface area (Å²) in [5, 5.41) is 0. The minimum atomic E-state index is -3.74. The lowest BCUT2D eigenvalue weighted by Gasteiger charge is -2.11. The average Bonchev–Trinajstić information content (AvgIpc) is 2.49. The van der Waals surface area contributed by atoms with Crippen LogP contribution in [0.3, 0.4) is 0 Å². The maximum Gasteiger partial charge on any atom is 0.265 e. The largest absolute Gasteiger partial charge is 0.323 e. The summed E-state index contributed by atoms with van der Waals surface area (Å²) in [5.41, 5.74) is 4.32. The van der Waals surface area contributed by atoms with Crippen LogP contribution in [0.15, 0.2) is 47.6 Å².